The van der Waals surface area contributed by atoms with Crippen LogP contribution in [0.2, 0.25) is 0 Å². The Morgan fingerprint density at radius 1 is 1.50 bits per heavy atom. The van der Waals surface area contributed by atoms with Crippen LogP contribution in [-0.4, -0.2) is 33.3 Å². The third kappa shape index (κ3) is 3.38. The molecule has 0 aliphatic carbocycles. The van der Waals surface area contributed by atoms with Gasteiger partial charge in [-0.3, -0.25) is 4.79 Å². The highest BCUT2D eigenvalue weighted by Gasteiger charge is 2.32. The molecule has 4 nitrogen and oxygen atoms in total. The van der Waals surface area contributed by atoms with Gasteiger partial charge in [-0.1, -0.05) is 0 Å². The van der Waals surface area contributed by atoms with E-state index in [0.717, 1.165) is 0 Å². The zero-order valence-corrected chi connectivity index (χ0v) is 8.44. The van der Waals surface area contributed by atoms with Crippen molar-refractivity contribution in [2.24, 2.45) is 11.1 Å². The van der Waals surface area contributed by atoms with Gasteiger partial charge in [-0.25, -0.2) is 0 Å². The molecule has 0 heterocycles. The lowest BCUT2D eigenvalue weighted by Gasteiger charge is -2.23. The van der Waals surface area contributed by atoms with E-state index in [2.05, 4.69) is 4.74 Å². The van der Waals surface area contributed by atoms with Crippen LogP contribution in [-0.2, 0) is 14.3 Å². The molecule has 0 saturated heterocycles. The van der Waals surface area contributed by atoms with Gasteiger partial charge in [-0.05, 0) is 6.92 Å². The summed E-state index contributed by atoms with van der Waals surface area (Å²) in [6.07, 6.45) is 0. The molecule has 5 heteroatoms. The Morgan fingerprint density at radius 2 is 2.00 bits per heavy atom. The van der Waals surface area contributed by atoms with Gasteiger partial charge in [0.1, 0.15) is 5.41 Å². The van der Waals surface area contributed by atoms with Crippen molar-refractivity contribution in [1.29, 1.82) is 0 Å². The second kappa shape index (κ2) is 6.22. The average molecular weight is 198 g/mol. The Kier molecular flexibility index (Phi) is 7.37. The highest BCUT2D eigenvalue weighted by molar-refractivity contribution is 5.85. The lowest BCUT2D eigenvalue weighted by Crippen LogP contribution is -2.40. The quantitative estimate of drug-likeness (QED) is 0.654. The molecular weight excluding hydrogens is 182 g/mol. The van der Waals surface area contributed by atoms with E-state index in [1.807, 2.05) is 0 Å². The Morgan fingerprint density at radius 3 is 2.25 bits per heavy atom. The van der Waals surface area contributed by atoms with Crippen LogP contribution in [0.25, 0.3) is 0 Å². The normalized spacial score (nSPS) is 14.3. The molecule has 12 heavy (non-hydrogen) atoms. The molecule has 0 aromatic carbocycles. The zero-order chi connectivity index (χ0) is 8.91. The van der Waals surface area contributed by atoms with Gasteiger partial charge in [0.2, 0.25) is 0 Å². The van der Waals surface area contributed by atoms with Crippen molar-refractivity contribution in [3.05, 3.63) is 0 Å². The Bertz CT molecular complexity index is 143. The summed E-state index contributed by atoms with van der Waals surface area (Å²) in [5, 5.41) is 0. The molecule has 2 N–H and O–H groups in total. The molecule has 0 spiro atoms. The predicted octanol–water partition coefficient (Wildman–Crippen LogP) is 0.193. The van der Waals surface area contributed by atoms with E-state index < -0.39 is 5.41 Å². The standard InChI is InChI=1S/C7H15NO3.ClH/c1-7(4-8,5-10-2)6(9)11-3;/h4-5,8H2,1-3H3;1H. The second-order valence-electron chi connectivity index (χ2n) is 2.69. The van der Waals surface area contributed by atoms with E-state index in [1.165, 1.54) is 14.2 Å². The molecule has 0 radical (unpaired) electrons. The van der Waals surface area contributed by atoms with E-state index in [4.69, 9.17) is 10.5 Å². The molecule has 0 bridgehead atoms. The SMILES string of the molecule is COCC(C)(CN)C(=O)OC.Cl. The largest absolute Gasteiger partial charge is 0.468 e. The molecule has 0 aliphatic heterocycles. The van der Waals surface area contributed by atoms with Crippen LogP contribution in [0.4, 0.5) is 0 Å². The maximum absolute atomic E-state index is 11.1. The highest BCUT2D eigenvalue weighted by atomic mass is 35.5. The topological polar surface area (TPSA) is 61.5 Å². The zero-order valence-electron chi connectivity index (χ0n) is 7.62. The van der Waals surface area contributed by atoms with Crippen LogP contribution in [0.5, 0.6) is 0 Å². The first-order chi connectivity index (χ1) is 5.10. The molecule has 74 valence electrons. The van der Waals surface area contributed by atoms with E-state index in [-0.39, 0.29) is 31.5 Å². The van der Waals surface area contributed by atoms with Crippen molar-refractivity contribution in [2.75, 3.05) is 27.4 Å². The van der Waals surface area contributed by atoms with Crippen LogP contribution < -0.4 is 5.73 Å². The van der Waals surface area contributed by atoms with Crippen LogP contribution >= 0.6 is 12.4 Å². The van der Waals surface area contributed by atoms with Crippen LogP contribution in [0, 0.1) is 5.41 Å². The first-order valence-corrected chi connectivity index (χ1v) is 3.38. The summed E-state index contributed by atoms with van der Waals surface area (Å²) in [6.45, 7) is 2.23. The Balaban J connectivity index is 0. The van der Waals surface area contributed by atoms with Gasteiger partial charge in [0.05, 0.1) is 13.7 Å². The first-order valence-electron chi connectivity index (χ1n) is 3.38. The summed E-state index contributed by atoms with van der Waals surface area (Å²) >= 11 is 0. The van der Waals surface area contributed by atoms with E-state index >= 15 is 0 Å². The van der Waals surface area contributed by atoms with Crippen LogP contribution in [0.1, 0.15) is 6.92 Å². The molecule has 0 aliphatic rings. The minimum atomic E-state index is -0.705. The number of nitrogens with two attached hydrogens (primary N) is 1. The van der Waals surface area contributed by atoms with E-state index in [0.29, 0.717) is 0 Å². The number of methoxy groups -OCH3 is 2. The van der Waals surface area contributed by atoms with Gasteiger partial charge >= 0.3 is 5.97 Å². The second-order valence-corrected chi connectivity index (χ2v) is 2.69. The predicted molar refractivity (Wildman–Crippen MR) is 48.3 cm³/mol. The molecule has 0 amide bonds. The fraction of sp³-hybridized carbons (Fsp3) is 0.857. The van der Waals surface area contributed by atoms with Gasteiger partial charge in [0, 0.05) is 13.7 Å². The highest BCUT2D eigenvalue weighted by Crippen LogP contribution is 2.15. The third-order valence-corrected chi connectivity index (χ3v) is 1.59. The first kappa shape index (κ1) is 14.2. The smallest absolute Gasteiger partial charge is 0.315 e. The maximum Gasteiger partial charge on any atom is 0.315 e. The Hall–Kier alpha value is -0.320. The third-order valence-electron chi connectivity index (χ3n) is 1.59. The molecule has 1 atom stereocenters. The lowest BCUT2D eigenvalue weighted by atomic mass is 9.92. The van der Waals surface area contributed by atoms with Crippen molar-refractivity contribution < 1.29 is 14.3 Å². The fourth-order valence-corrected chi connectivity index (χ4v) is 0.766. The number of rotatable bonds is 4. The van der Waals surface area contributed by atoms with Crippen molar-refractivity contribution >= 4 is 18.4 Å². The average Bonchev–Trinajstić information content (AvgIpc) is 2.03. The minimum absolute atomic E-state index is 0. The summed E-state index contributed by atoms with van der Waals surface area (Å²) in [6, 6.07) is 0. The minimum Gasteiger partial charge on any atom is -0.468 e. The molecule has 0 saturated carbocycles. The monoisotopic (exact) mass is 197 g/mol. The van der Waals surface area contributed by atoms with E-state index in [1.54, 1.807) is 6.92 Å². The van der Waals surface area contributed by atoms with Gasteiger partial charge in [0.25, 0.3) is 0 Å². The lowest BCUT2D eigenvalue weighted by molar-refractivity contribution is -0.154. The fourth-order valence-electron chi connectivity index (χ4n) is 0.766. The van der Waals surface area contributed by atoms with Crippen LogP contribution in [0.15, 0.2) is 0 Å². The maximum atomic E-state index is 11.1. The molecular formula is C7H16ClNO3. The summed E-state index contributed by atoms with van der Waals surface area (Å²) in [5.74, 6) is -0.332. The number of carbonyl (C=O) groups excluding carboxylic acids is 1. The summed E-state index contributed by atoms with van der Waals surface area (Å²) < 4.78 is 9.40. The molecule has 0 rings (SSSR count). The molecule has 0 aromatic heterocycles. The number of halogens is 1. The van der Waals surface area contributed by atoms with Gasteiger partial charge in [-0.2, -0.15) is 0 Å². The van der Waals surface area contributed by atoms with Crippen molar-refractivity contribution in [3.8, 4) is 0 Å². The number of hydrogen-bond donors (Lipinski definition) is 1. The molecule has 0 fully saturated rings. The summed E-state index contributed by atoms with van der Waals surface area (Å²) in [7, 11) is 2.86. The number of carbonyl (C=O) groups is 1. The number of esters is 1. The summed E-state index contributed by atoms with van der Waals surface area (Å²) in [4.78, 5) is 11.1. The number of ether oxygens (including phenoxy) is 2. The van der Waals surface area contributed by atoms with Gasteiger partial charge in [0.15, 0.2) is 0 Å². The van der Waals surface area contributed by atoms with Crippen molar-refractivity contribution in [2.45, 2.75) is 6.92 Å². The van der Waals surface area contributed by atoms with Crippen molar-refractivity contribution in [1.82, 2.24) is 0 Å². The van der Waals surface area contributed by atoms with Crippen molar-refractivity contribution in [3.63, 3.8) is 0 Å². The number of hydrogen-bond acceptors (Lipinski definition) is 4. The van der Waals surface area contributed by atoms with Gasteiger partial charge < -0.3 is 15.2 Å². The Labute approximate surface area is 78.8 Å². The molecule has 0 aromatic rings. The van der Waals surface area contributed by atoms with Crippen LogP contribution in [0.3, 0.4) is 0 Å². The summed E-state index contributed by atoms with van der Waals surface area (Å²) in [5.41, 5.74) is 4.68. The van der Waals surface area contributed by atoms with Gasteiger partial charge in [-0.15, -0.1) is 12.4 Å². The molecule has 1 unspecified atom stereocenters. The van der Waals surface area contributed by atoms with E-state index in [9.17, 15) is 4.79 Å².